The monoisotopic (exact) mass is 532 g/mol. The van der Waals surface area contributed by atoms with Crippen molar-refractivity contribution < 1.29 is 19.1 Å². The van der Waals surface area contributed by atoms with E-state index in [9.17, 15) is 9.59 Å². The lowest BCUT2D eigenvalue weighted by Crippen LogP contribution is -2.66. The minimum absolute atomic E-state index is 0.0969. The minimum Gasteiger partial charge on any atom is -0.497 e. The Morgan fingerprint density at radius 3 is 2.51 bits per heavy atom. The van der Waals surface area contributed by atoms with Crippen molar-refractivity contribution in [3.8, 4) is 5.75 Å². The normalized spacial score (nSPS) is 14.9. The Morgan fingerprint density at radius 2 is 1.87 bits per heavy atom. The van der Waals surface area contributed by atoms with E-state index in [1.54, 1.807) is 13.4 Å². The molecule has 3 aromatic rings. The standard InChI is InChI=1S/C31H40N4O4/c1-5-6-17-39-31(27-10-8-7-9-23(27)2)20-35(21-31)30(37)28(18-24-11-14-26(38-4)15-12-24)33-29(36)16-13-25-19-34(3)22-32-25/h7-12,14-15,19,22,28H,5-6,13,16-18,20-21H2,1-4H3,(H,33,36). The number of amides is 2. The summed E-state index contributed by atoms with van der Waals surface area (Å²) in [7, 11) is 3.52. The summed E-state index contributed by atoms with van der Waals surface area (Å²) in [5.74, 6) is 0.480. The predicted octanol–water partition coefficient (Wildman–Crippen LogP) is 3.95. The first-order valence-electron chi connectivity index (χ1n) is 13.7. The van der Waals surface area contributed by atoms with Gasteiger partial charge in [-0.15, -0.1) is 0 Å². The Morgan fingerprint density at radius 1 is 1.13 bits per heavy atom. The third-order valence-corrected chi connectivity index (χ3v) is 7.32. The molecule has 1 unspecified atom stereocenters. The molecule has 1 saturated heterocycles. The summed E-state index contributed by atoms with van der Waals surface area (Å²) in [6.07, 6.45) is 6.79. The molecule has 0 aliphatic carbocycles. The average Bonchev–Trinajstić information content (AvgIpc) is 3.34. The first-order valence-corrected chi connectivity index (χ1v) is 13.7. The summed E-state index contributed by atoms with van der Waals surface area (Å²) in [4.78, 5) is 32.9. The van der Waals surface area contributed by atoms with Crippen LogP contribution in [0, 0.1) is 6.92 Å². The zero-order chi connectivity index (χ0) is 27.8. The molecule has 1 aliphatic rings. The largest absolute Gasteiger partial charge is 0.497 e. The second-order valence-corrected chi connectivity index (χ2v) is 10.4. The number of unbranched alkanes of at least 4 members (excludes halogenated alkanes) is 1. The molecule has 0 spiro atoms. The quantitative estimate of drug-likeness (QED) is 0.337. The summed E-state index contributed by atoms with van der Waals surface area (Å²) in [6, 6.07) is 15.1. The number of carbonyl (C=O) groups is 2. The lowest BCUT2D eigenvalue weighted by atomic mass is 9.82. The minimum atomic E-state index is -0.680. The van der Waals surface area contributed by atoms with Crippen molar-refractivity contribution in [3.63, 3.8) is 0 Å². The van der Waals surface area contributed by atoms with Crippen molar-refractivity contribution in [2.45, 2.75) is 57.6 Å². The Labute approximate surface area is 231 Å². The first-order chi connectivity index (χ1) is 18.8. The molecule has 0 saturated carbocycles. The molecule has 1 atom stereocenters. The molecule has 39 heavy (non-hydrogen) atoms. The van der Waals surface area contributed by atoms with Crippen LogP contribution in [0.2, 0.25) is 0 Å². The number of imidazole rings is 1. The van der Waals surface area contributed by atoms with Crippen LogP contribution in [0.4, 0.5) is 0 Å². The van der Waals surface area contributed by atoms with E-state index in [1.807, 2.05) is 59.1 Å². The van der Waals surface area contributed by atoms with Gasteiger partial charge in [-0.2, -0.15) is 0 Å². The molecule has 2 aromatic carbocycles. The molecule has 1 aliphatic heterocycles. The number of aromatic nitrogens is 2. The van der Waals surface area contributed by atoms with Crippen LogP contribution in [-0.2, 0) is 39.8 Å². The first kappa shape index (κ1) is 28.4. The molecule has 4 rings (SSSR count). The Kier molecular flexibility index (Phi) is 9.41. The highest BCUT2D eigenvalue weighted by molar-refractivity contribution is 5.88. The van der Waals surface area contributed by atoms with Gasteiger partial charge < -0.3 is 24.3 Å². The number of hydrogen-bond donors (Lipinski definition) is 1. The summed E-state index contributed by atoms with van der Waals surface area (Å²) < 4.78 is 13.6. The van der Waals surface area contributed by atoms with Gasteiger partial charge in [-0.05, 0) is 48.6 Å². The van der Waals surface area contributed by atoms with Gasteiger partial charge in [-0.3, -0.25) is 9.59 Å². The molecule has 1 aromatic heterocycles. The number of aryl methyl sites for hydroxylation is 3. The van der Waals surface area contributed by atoms with Crippen molar-refractivity contribution in [1.82, 2.24) is 19.8 Å². The maximum atomic E-state index is 13.8. The third-order valence-electron chi connectivity index (χ3n) is 7.32. The van der Waals surface area contributed by atoms with Crippen LogP contribution in [0.3, 0.4) is 0 Å². The van der Waals surface area contributed by atoms with Crippen LogP contribution in [0.1, 0.15) is 48.6 Å². The molecule has 208 valence electrons. The Balaban J connectivity index is 1.48. The van der Waals surface area contributed by atoms with E-state index in [4.69, 9.17) is 9.47 Å². The van der Waals surface area contributed by atoms with Crippen LogP contribution >= 0.6 is 0 Å². The average molecular weight is 533 g/mol. The van der Waals surface area contributed by atoms with E-state index in [0.717, 1.165) is 41.0 Å². The highest BCUT2D eigenvalue weighted by Gasteiger charge is 2.49. The lowest BCUT2D eigenvalue weighted by molar-refractivity contribution is -0.175. The van der Waals surface area contributed by atoms with E-state index >= 15 is 0 Å². The molecular weight excluding hydrogens is 492 g/mol. The van der Waals surface area contributed by atoms with Crippen LogP contribution in [0.15, 0.2) is 61.1 Å². The number of benzene rings is 2. The van der Waals surface area contributed by atoms with Crippen LogP contribution in [0.5, 0.6) is 5.75 Å². The summed E-state index contributed by atoms with van der Waals surface area (Å²) in [5, 5.41) is 3.01. The third kappa shape index (κ3) is 7.06. The fourth-order valence-electron chi connectivity index (χ4n) is 5.08. The maximum Gasteiger partial charge on any atom is 0.245 e. The molecule has 0 bridgehead atoms. The highest BCUT2D eigenvalue weighted by Crippen LogP contribution is 2.38. The number of carbonyl (C=O) groups excluding carboxylic acids is 2. The predicted molar refractivity (Wildman–Crippen MR) is 150 cm³/mol. The molecule has 1 fully saturated rings. The van der Waals surface area contributed by atoms with Gasteiger partial charge >= 0.3 is 0 Å². The fraction of sp³-hybridized carbons (Fsp3) is 0.452. The summed E-state index contributed by atoms with van der Waals surface area (Å²) >= 11 is 0. The number of hydrogen-bond acceptors (Lipinski definition) is 5. The smallest absolute Gasteiger partial charge is 0.245 e. The van der Waals surface area contributed by atoms with E-state index in [0.29, 0.717) is 32.5 Å². The lowest BCUT2D eigenvalue weighted by Gasteiger charge is -2.51. The second-order valence-electron chi connectivity index (χ2n) is 10.4. The molecule has 2 heterocycles. The topological polar surface area (TPSA) is 85.7 Å². The van der Waals surface area contributed by atoms with Gasteiger partial charge in [0.15, 0.2) is 0 Å². The van der Waals surface area contributed by atoms with E-state index in [2.05, 4.69) is 36.3 Å². The maximum absolute atomic E-state index is 13.8. The molecule has 1 N–H and O–H groups in total. The summed E-state index contributed by atoms with van der Waals surface area (Å²) in [6.45, 7) is 5.79. The highest BCUT2D eigenvalue weighted by atomic mass is 16.5. The van der Waals surface area contributed by atoms with Gasteiger partial charge in [0.2, 0.25) is 11.8 Å². The molecule has 8 heteroatoms. The van der Waals surface area contributed by atoms with E-state index < -0.39 is 11.6 Å². The number of nitrogens with one attached hydrogen (secondary N) is 1. The number of nitrogens with zero attached hydrogens (tertiary/aromatic N) is 3. The van der Waals surface area contributed by atoms with Crippen LogP contribution < -0.4 is 10.1 Å². The van der Waals surface area contributed by atoms with Crippen molar-refractivity contribution >= 4 is 11.8 Å². The Bertz CT molecular complexity index is 1250. The van der Waals surface area contributed by atoms with Gasteiger partial charge in [-0.1, -0.05) is 49.7 Å². The number of rotatable bonds is 13. The van der Waals surface area contributed by atoms with Crippen LogP contribution in [0.25, 0.3) is 0 Å². The Hall–Kier alpha value is -3.65. The zero-order valence-corrected chi connectivity index (χ0v) is 23.5. The van der Waals surface area contributed by atoms with E-state index in [1.165, 1.54) is 0 Å². The van der Waals surface area contributed by atoms with Gasteiger partial charge in [-0.25, -0.2) is 4.98 Å². The molecule has 8 nitrogen and oxygen atoms in total. The van der Waals surface area contributed by atoms with Gasteiger partial charge in [0, 0.05) is 32.7 Å². The van der Waals surface area contributed by atoms with E-state index in [-0.39, 0.29) is 18.2 Å². The van der Waals surface area contributed by atoms with Crippen molar-refractivity contribution in [3.05, 3.63) is 83.4 Å². The van der Waals surface area contributed by atoms with Crippen molar-refractivity contribution in [2.24, 2.45) is 7.05 Å². The molecule has 0 radical (unpaired) electrons. The van der Waals surface area contributed by atoms with Crippen molar-refractivity contribution in [2.75, 3.05) is 26.8 Å². The number of likely N-dealkylation sites (tertiary alicyclic amines) is 1. The van der Waals surface area contributed by atoms with Gasteiger partial charge in [0.05, 0.1) is 32.2 Å². The SMILES string of the molecule is CCCCOC1(c2ccccc2C)CN(C(=O)C(Cc2ccc(OC)cc2)NC(=O)CCc2cn(C)cn2)C1. The van der Waals surface area contributed by atoms with Gasteiger partial charge in [0.1, 0.15) is 17.4 Å². The summed E-state index contributed by atoms with van der Waals surface area (Å²) in [5.41, 5.74) is 3.55. The molecule has 2 amide bonds. The van der Waals surface area contributed by atoms with Crippen LogP contribution in [-0.4, -0.2) is 59.1 Å². The number of ether oxygens (including phenoxy) is 2. The van der Waals surface area contributed by atoms with Gasteiger partial charge in [0.25, 0.3) is 0 Å². The fourth-order valence-corrected chi connectivity index (χ4v) is 5.08. The second kappa shape index (κ2) is 12.9. The molecular formula is C31H40N4O4. The number of methoxy groups -OCH3 is 1. The van der Waals surface area contributed by atoms with Crippen molar-refractivity contribution in [1.29, 1.82) is 0 Å². The zero-order valence-electron chi connectivity index (χ0n) is 23.5.